The first kappa shape index (κ1) is 17.9. The first-order valence-electron chi connectivity index (χ1n) is 8.97. The molecule has 136 valence electrons. The summed E-state index contributed by atoms with van der Waals surface area (Å²) in [5, 5.41) is 12.3. The van der Waals surface area contributed by atoms with Crippen molar-refractivity contribution in [1.29, 1.82) is 0 Å². The minimum Gasteiger partial charge on any atom is -0.341 e. The third-order valence-electron chi connectivity index (χ3n) is 5.86. The Morgan fingerprint density at radius 3 is 2.76 bits per heavy atom. The zero-order valence-corrected chi connectivity index (χ0v) is 14.9. The third-order valence-corrected chi connectivity index (χ3v) is 5.86. The van der Waals surface area contributed by atoms with Gasteiger partial charge in [0.15, 0.2) is 0 Å². The molecule has 3 unspecified atom stereocenters. The van der Waals surface area contributed by atoms with Crippen molar-refractivity contribution in [3.05, 3.63) is 35.4 Å². The van der Waals surface area contributed by atoms with E-state index in [1.165, 1.54) is 5.56 Å². The maximum absolute atomic E-state index is 13.1. The van der Waals surface area contributed by atoms with E-state index >= 15 is 0 Å². The zero-order valence-electron chi connectivity index (χ0n) is 14.9. The van der Waals surface area contributed by atoms with Gasteiger partial charge in [0.05, 0.1) is 11.3 Å². The second kappa shape index (κ2) is 7.14. The number of carbonyl (C=O) groups excluding carboxylic acids is 2. The van der Waals surface area contributed by atoms with Gasteiger partial charge in [0.25, 0.3) is 0 Å². The van der Waals surface area contributed by atoms with Gasteiger partial charge >= 0.3 is 0 Å². The van der Waals surface area contributed by atoms with Crippen LogP contribution in [0.4, 0.5) is 0 Å². The summed E-state index contributed by atoms with van der Waals surface area (Å²) in [5.41, 5.74) is 3.44. The fourth-order valence-electron chi connectivity index (χ4n) is 4.07. The van der Waals surface area contributed by atoms with Crippen LogP contribution in [0.15, 0.2) is 24.3 Å². The van der Waals surface area contributed by atoms with Crippen molar-refractivity contribution < 1.29 is 14.8 Å². The Morgan fingerprint density at radius 2 is 2.16 bits per heavy atom. The molecule has 25 heavy (non-hydrogen) atoms. The summed E-state index contributed by atoms with van der Waals surface area (Å²) in [7, 11) is 0. The Morgan fingerprint density at radius 1 is 1.44 bits per heavy atom. The highest BCUT2D eigenvalue weighted by molar-refractivity contribution is 5.90. The van der Waals surface area contributed by atoms with Gasteiger partial charge in [-0.1, -0.05) is 29.8 Å². The van der Waals surface area contributed by atoms with Crippen LogP contribution >= 0.6 is 0 Å². The van der Waals surface area contributed by atoms with Gasteiger partial charge in [-0.2, -0.15) is 0 Å². The highest BCUT2D eigenvalue weighted by Crippen LogP contribution is 2.36. The van der Waals surface area contributed by atoms with E-state index < -0.39 is 11.3 Å². The summed E-state index contributed by atoms with van der Waals surface area (Å²) in [6.45, 7) is 6.63. The van der Waals surface area contributed by atoms with Crippen molar-refractivity contribution in [3.63, 3.8) is 0 Å². The lowest BCUT2D eigenvalue weighted by molar-refractivity contribution is -0.138. The summed E-state index contributed by atoms with van der Waals surface area (Å²) < 4.78 is 0. The van der Waals surface area contributed by atoms with Crippen molar-refractivity contribution in [2.75, 3.05) is 26.2 Å². The van der Waals surface area contributed by atoms with Gasteiger partial charge in [-0.25, -0.2) is 5.48 Å². The number of rotatable bonds is 5. The van der Waals surface area contributed by atoms with Crippen LogP contribution in [0.3, 0.4) is 0 Å². The molecular formula is C19H27N3O3. The normalized spacial score (nSPS) is 27.6. The predicted octanol–water partition coefficient (Wildman–Crippen LogP) is 1.22. The molecule has 1 aromatic rings. The zero-order chi connectivity index (χ0) is 18.0. The molecule has 2 heterocycles. The van der Waals surface area contributed by atoms with Crippen LogP contribution in [0, 0.1) is 18.8 Å². The number of nitrogens with one attached hydrogen (secondary N) is 2. The molecule has 6 nitrogen and oxygen atoms in total. The quantitative estimate of drug-likeness (QED) is 0.554. The third kappa shape index (κ3) is 3.41. The molecule has 2 amide bonds. The van der Waals surface area contributed by atoms with E-state index in [1.54, 1.807) is 10.4 Å². The van der Waals surface area contributed by atoms with Crippen LogP contribution in [0.2, 0.25) is 0 Å². The molecule has 0 aliphatic carbocycles. The first-order valence-corrected chi connectivity index (χ1v) is 8.97. The maximum atomic E-state index is 13.1. The van der Waals surface area contributed by atoms with Crippen LogP contribution in [-0.2, 0) is 15.0 Å². The van der Waals surface area contributed by atoms with E-state index in [9.17, 15) is 9.59 Å². The molecule has 3 N–H and O–H groups in total. The van der Waals surface area contributed by atoms with E-state index in [0.29, 0.717) is 13.1 Å². The average Bonchev–Trinajstić information content (AvgIpc) is 3.24. The van der Waals surface area contributed by atoms with Gasteiger partial charge < -0.3 is 10.2 Å². The molecular weight excluding hydrogens is 318 g/mol. The number of hydrogen-bond acceptors (Lipinski definition) is 4. The molecule has 0 spiro atoms. The monoisotopic (exact) mass is 345 g/mol. The Labute approximate surface area is 148 Å². The molecule has 2 fully saturated rings. The fraction of sp³-hybridized carbons (Fsp3) is 0.579. The number of hydrogen-bond donors (Lipinski definition) is 3. The SMILES string of the molecule is Cc1ccc(C2(C)CCN(CC(C(=O)NO)C3CCNC3)C2=O)cc1. The molecule has 1 aromatic carbocycles. The Hall–Kier alpha value is -1.92. The Bertz CT molecular complexity index is 640. The second-order valence-corrected chi connectivity index (χ2v) is 7.53. The summed E-state index contributed by atoms with van der Waals surface area (Å²) >= 11 is 0. The molecule has 2 aliphatic rings. The smallest absolute Gasteiger partial charge is 0.248 e. The highest BCUT2D eigenvalue weighted by atomic mass is 16.5. The Balaban J connectivity index is 1.76. The van der Waals surface area contributed by atoms with E-state index in [1.807, 2.05) is 38.1 Å². The molecule has 0 saturated carbocycles. The summed E-state index contributed by atoms with van der Waals surface area (Å²) in [4.78, 5) is 27.0. The number of aryl methyl sites for hydroxylation is 1. The molecule has 0 bridgehead atoms. The predicted molar refractivity (Wildman–Crippen MR) is 94.1 cm³/mol. The van der Waals surface area contributed by atoms with E-state index in [2.05, 4.69) is 5.32 Å². The standard InChI is InChI=1S/C19H27N3O3/c1-13-3-5-15(6-4-13)19(2)8-10-22(18(19)24)12-16(17(23)21-25)14-7-9-20-11-14/h3-6,14,16,20,25H,7-12H2,1-2H3,(H,21,23). The molecule has 3 rings (SSSR count). The highest BCUT2D eigenvalue weighted by Gasteiger charge is 2.45. The largest absolute Gasteiger partial charge is 0.341 e. The number of amides is 2. The van der Waals surface area contributed by atoms with Crippen LogP contribution in [0.1, 0.15) is 30.9 Å². The molecule has 0 radical (unpaired) electrons. The van der Waals surface area contributed by atoms with E-state index in [0.717, 1.165) is 31.5 Å². The van der Waals surface area contributed by atoms with Crippen LogP contribution in [0.25, 0.3) is 0 Å². The topological polar surface area (TPSA) is 81.7 Å². The number of carbonyl (C=O) groups is 2. The number of likely N-dealkylation sites (tertiary alicyclic amines) is 1. The molecule has 2 saturated heterocycles. The maximum Gasteiger partial charge on any atom is 0.248 e. The first-order chi connectivity index (χ1) is 12.0. The average molecular weight is 345 g/mol. The summed E-state index contributed by atoms with van der Waals surface area (Å²) in [6, 6.07) is 8.11. The Kier molecular flexibility index (Phi) is 5.11. The summed E-state index contributed by atoms with van der Waals surface area (Å²) in [5.74, 6) is -0.570. The van der Waals surface area contributed by atoms with Gasteiger partial charge in [-0.05, 0) is 51.3 Å². The minimum absolute atomic E-state index is 0.0676. The molecule has 6 heteroatoms. The van der Waals surface area contributed by atoms with Gasteiger partial charge in [-0.15, -0.1) is 0 Å². The number of hydroxylamine groups is 1. The minimum atomic E-state index is -0.540. The van der Waals surface area contributed by atoms with Crippen LogP contribution < -0.4 is 10.8 Å². The van der Waals surface area contributed by atoms with Crippen molar-refractivity contribution >= 4 is 11.8 Å². The fourth-order valence-corrected chi connectivity index (χ4v) is 4.07. The lowest BCUT2D eigenvalue weighted by Crippen LogP contribution is -2.44. The van der Waals surface area contributed by atoms with Gasteiger partial charge in [0.2, 0.25) is 11.8 Å². The van der Waals surface area contributed by atoms with Crippen molar-refractivity contribution in [2.24, 2.45) is 11.8 Å². The molecule has 3 atom stereocenters. The number of benzene rings is 1. The van der Waals surface area contributed by atoms with E-state index in [-0.39, 0.29) is 17.7 Å². The van der Waals surface area contributed by atoms with Crippen molar-refractivity contribution in [2.45, 2.75) is 32.1 Å². The second-order valence-electron chi connectivity index (χ2n) is 7.53. The van der Waals surface area contributed by atoms with E-state index in [4.69, 9.17) is 5.21 Å². The van der Waals surface area contributed by atoms with Gasteiger partial charge in [0.1, 0.15) is 0 Å². The van der Waals surface area contributed by atoms with Gasteiger partial charge in [0, 0.05) is 13.1 Å². The van der Waals surface area contributed by atoms with Crippen molar-refractivity contribution in [1.82, 2.24) is 15.7 Å². The lowest BCUT2D eigenvalue weighted by Gasteiger charge is -2.28. The van der Waals surface area contributed by atoms with Gasteiger partial charge in [-0.3, -0.25) is 14.8 Å². The number of nitrogens with zero attached hydrogens (tertiary/aromatic N) is 1. The molecule has 0 aromatic heterocycles. The van der Waals surface area contributed by atoms with Crippen LogP contribution in [-0.4, -0.2) is 48.1 Å². The van der Waals surface area contributed by atoms with Crippen LogP contribution in [0.5, 0.6) is 0 Å². The lowest BCUT2D eigenvalue weighted by atomic mass is 9.81. The molecule has 2 aliphatic heterocycles. The van der Waals surface area contributed by atoms with Crippen molar-refractivity contribution in [3.8, 4) is 0 Å². The summed E-state index contributed by atoms with van der Waals surface area (Å²) in [6.07, 6.45) is 1.63.